The number of carbonyl (C=O) groups is 1. The predicted octanol–water partition coefficient (Wildman–Crippen LogP) is 4.47. The van der Waals surface area contributed by atoms with Crippen molar-refractivity contribution in [3.63, 3.8) is 0 Å². The van der Waals surface area contributed by atoms with Gasteiger partial charge in [0, 0.05) is 24.4 Å². The highest BCUT2D eigenvalue weighted by molar-refractivity contribution is 5.92. The summed E-state index contributed by atoms with van der Waals surface area (Å²) in [5, 5.41) is 3.32. The van der Waals surface area contributed by atoms with Crippen LogP contribution in [0.25, 0.3) is 0 Å². The van der Waals surface area contributed by atoms with E-state index in [9.17, 15) is 4.79 Å². The largest absolute Gasteiger partial charge is 0.497 e. The highest BCUT2D eigenvalue weighted by atomic mass is 16.5. The van der Waals surface area contributed by atoms with Gasteiger partial charge >= 0.3 is 5.97 Å². The molecular weight excluding hydrogens is 396 g/mol. The maximum Gasteiger partial charge on any atom is 0.360 e. The summed E-state index contributed by atoms with van der Waals surface area (Å²) < 4.78 is 21.9. The second-order valence-corrected chi connectivity index (χ2v) is 6.56. The van der Waals surface area contributed by atoms with Gasteiger partial charge in [-0.05, 0) is 30.7 Å². The van der Waals surface area contributed by atoms with E-state index in [2.05, 4.69) is 10.3 Å². The number of esters is 1. The van der Waals surface area contributed by atoms with Crippen molar-refractivity contribution < 1.29 is 23.7 Å². The Morgan fingerprint density at radius 2 is 1.84 bits per heavy atom. The van der Waals surface area contributed by atoms with Crippen LogP contribution in [-0.2, 0) is 17.9 Å². The zero-order chi connectivity index (χ0) is 22.1. The number of anilines is 1. The SMILES string of the molecule is CCOC(=O)c1nccc(NCc2ccc(OC)cc2OC)c1OCc1ccccc1. The van der Waals surface area contributed by atoms with Gasteiger partial charge in [-0.25, -0.2) is 9.78 Å². The van der Waals surface area contributed by atoms with Gasteiger partial charge < -0.3 is 24.3 Å². The summed E-state index contributed by atoms with van der Waals surface area (Å²) in [5.41, 5.74) is 2.66. The van der Waals surface area contributed by atoms with Crippen molar-refractivity contribution >= 4 is 11.7 Å². The van der Waals surface area contributed by atoms with Crippen LogP contribution >= 0.6 is 0 Å². The smallest absolute Gasteiger partial charge is 0.360 e. The Hall–Kier alpha value is -3.74. The Labute approximate surface area is 181 Å². The molecular formula is C24H26N2O5. The molecule has 0 atom stereocenters. The van der Waals surface area contributed by atoms with Gasteiger partial charge in [0.1, 0.15) is 18.1 Å². The first-order valence-corrected chi connectivity index (χ1v) is 9.93. The van der Waals surface area contributed by atoms with Gasteiger partial charge in [0.25, 0.3) is 0 Å². The third-order valence-electron chi connectivity index (χ3n) is 4.56. The van der Waals surface area contributed by atoms with Gasteiger partial charge in [0.15, 0.2) is 11.4 Å². The molecule has 1 heterocycles. The summed E-state index contributed by atoms with van der Waals surface area (Å²) in [6.07, 6.45) is 1.55. The van der Waals surface area contributed by atoms with E-state index in [1.165, 1.54) is 0 Å². The highest BCUT2D eigenvalue weighted by Crippen LogP contribution is 2.31. The fourth-order valence-electron chi connectivity index (χ4n) is 3.00. The minimum Gasteiger partial charge on any atom is -0.497 e. The predicted molar refractivity (Wildman–Crippen MR) is 118 cm³/mol. The van der Waals surface area contributed by atoms with Crippen LogP contribution in [0.2, 0.25) is 0 Å². The number of hydrogen-bond acceptors (Lipinski definition) is 7. The minimum absolute atomic E-state index is 0.129. The number of methoxy groups -OCH3 is 2. The van der Waals surface area contributed by atoms with Crippen molar-refractivity contribution in [3.05, 3.63) is 77.6 Å². The van der Waals surface area contributed by atoms with Crippen molar-refractivity contribution in [2.45, 2.75) is 20.1 Å². The lowest BCUT2D eigenvalue weighted by molar-refractivity contribution is 0.0514. The van der Waals surface area contributed by atoms with E-state index in [0.29, 0.717) is 36.1 Å². The van der Waals surface area contributed by atoms with Crippen molar-refractivity contribution in [1.82, 2.24) is 4.98 Å². The van der Waals surface area contributed by atoms with E-state index < -0.39 is 5.97 Å². The Kier molecular flexibility index (Phi) is 7.70. The van der Waals surface area contributed by atoms with Crippen molar-refractivity contribution in [3.8, 4) is 17.2 Å². The summed E-state index contributed by atoms with van der Waals surface area (Å²) in [7, 11) is 3.22. The molecule has 0 saturated carbocycles. The van der Waals surface area contributed by atoms with Crippen molar-refractivity contribution in [2.75, 3.05) is 26.1 Å². The standard InChI is InChI=1S/C24H26N2O5/c1-4-30-24(27)22-23(31-16-17-8-6-5-7-9-17)20(12-13-25-22)26-15-18-10-11-19(28-2)14-21(18)29-3/h5-14H,4,15-16H2,1-3H3,(H,25,26). The Balaban J connectivity index is 1.86. The quantitative estimate of drug-likeness (QED) is 0.483. The maximum atomic E-state index is 12.4. The summed E-state index contributed by atoms with van der Waals surface area (Å²) >= 11 is 0. The first kappa shape index (κ1) is 22.0. The molecule has 2 aromatic carbocycles. The summed E-state index contributed by atoms with van der Waals surface area (Å²) in [6, 6.07) is 17.1. The first-order valence-electron chi connectivity index (χ1n) is 9.93. The summed E-state index contributed by atoms with van der Waals surface area (Å²) in [6.45, 7) is 2.74. The molecule has 0 aliphatic rings. The molecule has 0 bridgehead atoms. The van der Waals surface area contributed by atoms with Crippen molar-refractivity contribution in [2.24, 2.45) is 0 Å². The van der Waals surface area contributed by atoms with Crippen LogP contribution in [0, 0.1) is 0 Å². The van der Waals surface area contributed by atoms with Crippen LogP contribution in [0.3, 0.4) is 0 Å². The minimum atomic E-state index is -0.531. The van der Waals surface area contributed by atoms with E-state index in [4.69, 9.17) is 18.9 Å². The molecule has 3 aromatic rings. The Morgan fingerprint density at radius 1 is 1.03 bits per heavy atom. The molecule has 31 heavy (non-hydrogen) atoms. The van der Waals surface area contributed by atoms with Crippen LogP contribution in [0.15, 0.2) is 60.8 Å². The fraction of sp³-hybridized carbons (Fsp3) is 0.250. The monoisotopic (exact) mass is 422 g/mol. The van der Waals surface area contributed by atoms with Crippen LogP contribution in [0.5, 0.6) is 17.2 Å². The van der Waals surface area contributed by atoms with Gasteiger partial charge in [-0.2, -0.15) is 0 Å². The molecule has 1 N–H and O–H groups in total. The molecule has 0 amide bonds. The fourth-order valence-corrected chi connectivity index (χ4v) is 3.00. The zero-order valence-corrected chi connectivity index (χ0v) is 17.9. The number of nitrogens with one attached hydrogen (secondary N) is 1. The Morgan fingerprint density at radius 3 is 2.55 bits per heavy atom. The highest BCUT2D eigenvalue weighted by Gasteiger charge is 2.20. The molecule has 0 fully saturated rings. The van der Waals surface area contributed by atoms with Gasteiger partial charge in [-0.15, -0.1) is 0 Å². The molecule has 0 radical (unpaired) electrons. The molecule has 1 aromatic heterocycles. The molecule has 0 aliphatic heterocycles. The van der Waals surface area contributed by atoms with E-state index in [-0.39, 0.29) is 12.3 Å². The Bertz CT molecular complexity index is 1010. The number of benzene rings is 2. The number of aromatic nitrogens is 1. The van der Waals surface area contributed by atoms with Gasteiger partial charge in [0.2, 0.25) is 0 Å². The van der Waals surface area contributed by atoms with E-state index >= 15 is 0 Å². The average molecular weight is 422 g/mol. The molecule has 0 unspecified atom stereocenters. The van der Waals surface area contributed by atoms with Crippen molar-refractivity contribution in [1.29, 1.82) is 0 Å². The zero-order valence-electron chi connectivity index (χ0n) is 17.9. The number of ether oxygens (including phenoxy) is 4. The average Bonchev–Trinajstić information content (AvgIpc) is 2.82. The molecule has 7 heteroatoms. The lowest BCUT2D eigenvalue weighted by atomic mass is 10.1. The summed E-state index contributed by atoms with van der Waals surface area (Å²) in [4.78, 5) is 16.6. The molecule has 3 rings (SSSR count). The van der Waals surface area contributed by atoms with Crippen LogP contribution in [0.4, 0.5) is 5.69 Å². The third kappa shape index (κ3) is 5.66. The number of nitrogens with zero attached hydrogens (tertiary/aromatic N) is 1. The van der Waals surface area contributed by atoms with Gasteiger partial charge in [-0.3, -0.25) is 0 Å². The second-order valence-electron chi connectivity index (χ2n) is 6.56. The lowest BCUT2D eigenvalue weighted by Gasteiger charge is -2.17. The second kappa shape index (κ2) is 10.9. The topological polar surface area (TPSA) is 78.9 Å². The summed E-state index contributed by atoms with van der Waals surface area (Å²) in [5.74, 6) is 1.22. The lowest BCUT2D eigenvalue weighted by Crippen LogP contribution is -2.13. The molecule has 7 nitrogen and oxygen atoms in total. The molecule has 0 saturated heterocycles. The van der Waals surface area contributed by atoms with Crippen LogP contribution in [0.1, 0.15) is 28.5 Å². The van der Waals surface area contributed by atoms with Crippen LogP contribution in [-0.4, -0.2) is 31.8 Å². The molecule has 0 spiro atoms. The third-order valence-corrected chi connectivity index (χ3v) is 4.56. The normalized spacial score (nSPS) is 10.3. The number of hydrogen-bond donors (Lipinski definition) is 1. The van der Waals surface area contributed by atoms with Gasteiger partial charge in [0.05, 0.1) is 26.5 Å². The number of carbonyl (C=O) groups excluding carboxylic acids is 1. The first-order chi connectivity index (χ1) is 15.2. The van der Waals surface area contributed by atoms with Gasteiger partial charge in [-0.1, -0.05) is 30.3 Å². The van der Waals surface area contributed by atoms with E-state index in [1.807, 2.05) is 48.5 Å². The molecule has 162 valence electrons. The van der Waals surface area contributed by atoms with Crippen LogP contribution < -0.4 is 19.5 Å². The molecule has 0 aliphatic carbocycles. The van der Waals surface area contributed by atoms with E-state index in [0.717, 1.165) is 11.1 Å². The number of rotatable bonds is 10. The van der Waals surface area contributed by atoms with E-state index in [1.54, 1.807) is 33.4 Å². The number of pyridine rings is 1. The maximum absolute atomic E-state index is 12.4.